The van der Waals surface area contributed by atoms with Gasteiger partial charge in [0.1, 0.15) is 0 Å². The first-order valence-electron chi connectivity index (χ1n) is 5.65. The average molecular weight is 396 g/mol. The molecule has 1 heterocycles. The van der Waals surface area contributed by atoms with Crippen molar-refractivity contribution >= 4 is 48.9 Å². The summed E-state index contributed by atoms with van der Waals surface area (Å²) in [5.74, 6) is 0. The fraction of sp³-hybridized carbons (Fsp3) is 0.167. The smallest absolute Gasteiger partial charge is 0.240 e. The van der Waals surface area contributed by atoms with Crippen LogP contribution in [-0.2, 0) is 23.1 Å². The molecule has 4 nitrogen and oxygen atoms in total. The molecule has 1 aromatic carbocycles. The molecular weight excluding hydrogens is 384 g/mol. The first-order chi connectivity index (χ1) is 9.42. The van der Waals surface area contributed by atoms with E-state index in [-0.39, 0.29) is 18.0 Å². The predicted molar refractivity (Wildman–Crippen MR) is 85.4 cm³/mol. The van der Waals surface area contributed by atoms with E-state index in [1.165, 1.54) is 23.5 Å². The molecule has 0 spiro atoms. The zero-order chi connectivity index (χ0) is 14.8. The Hall–Kier alpha value is -0.440. The fourth-order valence-electron chi connectivity index (χ4n) is 1.56. The Bertz CT molecular complexity index is 716. The molecule has 2 rings (SSSR count). The van der Waals surface area contributed by atoms with Crippen molar-refractivity contribution in [3.05, 3.63) is 49.6 Å². The minimum atomic E-state index is -3.58. The van der Waals surface area contributed by atoms with Gasteiger partial charge in [-0.1, -0.05) is 17.7 Å². The number of hydrogen-bond acceptors (Lipinski definition) is 4. The number of sulfonamides is 1. The summed E-state index contributed by atoms with van der Waals surface area (Å²) in [6.07, 6.45) is 0. The molecule has 0 aliphatic carbocycles. The summed E-state index contributed by atoms with van der Waals surface area (Å²) in [4.78, 5) is 1.06. The second-order valence-corrected chi connectivity index (χ2v) is 8.71. The molecule has 0 aliphatic rings. The lowest BCUT2D eigenvalue weighted by atomic mass is 10.2. The minimum absolute atomic E-state index is 0.135. The van der Waals surface area contributed by atoms with Crippen molar-refractivity contribution in [1.82, 2.24) is 4.72 Å². The highest BCUT2D eigenvalue weighted by atomic mass is 79.9. The Balaban J connectivity index is 2.15. The number of benzene rings is 1. The highest BCUT2D eigenvalue weighted by Crippen LogP contribution is 2.23. The molecule has 0 saturated heterocycles. The first kappa shape index (κ1) is 15.9. The molecule has 0 saturated carbocycles. The third kappa shape index (κ3) is 3.81. The fourth-order valence-corrected chi connectivity index (χ4v) is 4.43. The van der Waals surface area contributed by atoms with Gasteiger partial charge in [-0.25, -0.2) is 13.1 Å². The molecule has 0 radical (unpaired) electrons. The number of nitrogens with one attached hydrogen (secondary N) is 1. The van der Waals surface area contributed by atoms with Crippen molar-refractivity contribution in [1.29, 1.82) is 0 Å². The molecule has 2 aromatic rings. The van der Waals surface area contributed by atoms with E-state index >= 15 is 0 Å². The normalized spacial score (nSPS) is 11.8. The van der Waals surface area contributed by atoms with Crippen LogP contribution in [0.1, 0.15) is 10.4 Å². The van der Waals surface area contributed by atoms with Gasteiger partial charge in [-0.2, -0.15) is 0 Å². The van der Waals surface area contributed by atoms with E-state index in [9.17, 15) is 8.42 Å². The number of hydrogen-bond donors (Lipinski definition) is 2. The van der Waals surface area contributed by atoms with Crippen molar-refractivity contribution in [3.8, 4) is 0 Å². The Morgan fingerprint density at radius 2 is 2.05 bits per heavy atom. The van der Waals surface area contributed by atoms with E-state index in [0.717, 1.165) is 8.66 Å². The molecular formula is C12H12BrClN2O2S2. The lowest BCUT2D eigenvalue weighted by Gasteiger charge is -2.08. The number of rotatable bonds is 5. The van der Waals surface area contributed by atoms with Gasteiger partial charge >= 0.3 is 0 Å². The van der Waals surface area contributed by atoms with Gasteiger partial charge in [0.2, 0.25) is 10.0 Å². The lowest BCUT2D eigenvalue weighted by molar-refractivity contribution is 0.582. The highest BCUT2D eigenvalue weighted by Gasteiger charge is 2.15. The van der Waals surface area contributed by atoms with Crippen molar-refractivity contribution in [2.75, 3.05) is 0 Å². The van der Waals surface area contributed by atoms with Crippen molar-refractivity contribution in [2.45, 2.75) is 18.0 Å². The molecule has 0 atom stereocenters. The van der Waals surface area contributed by atoms with Crippen LogP contribution in [0.5, 0.6) is 0 Å². The van der Waals surface area contributed by atoms with E-state index in [0.29, 0.717) is 10.6 Å². The average Bonchev–Trinajstić information content (AvgIpc) is 2.82. The van der Waals surface area contributed by atoms with Crippen LogP contribution in [-0.4, -0.2) is 8.42 Å². The molecule has 0 amide bonds. The number of thiophene rings is 1. The van der Waals surface area contributed by atoms with Crippen molar-refractivity contribution < 1.29 is 8.42 Å². The van der Waals surface area contributed by atoms with Crippen LogP contribution < -0.4 is 10.5 Å². The van der Waals surface area contributed by atoms with Gasteiger partial charge < -0.3 is 5.73 Å². The molecule has 8 heteroatoms. The minimum Gasteiger partial charge on any atom is -0.326 e. The third-order valence-corrected chi connectivity index (χ3v) is 5.99. The Morgan fingerprint density at radius 1 is 1.30 bits per heavy atom. The monoisotopic (exact) mass is 394 g/mol. The van der Waals surface area contributed by atoms with Gasteiger partial charge in [-0.05, 0) is 45.8 Å². The van der Waals surface area contributed by atoms with Crippen LogP contribution in [0.25, 0.3) is 0 Å². The largest absolute Gasteiger partial charge is 0.326 e. The second kappa shape index (κ2) is 6.55. The van der Waals surface area contributed by atoms with Gasteiger partial charge in [0, 0.05) is 23.0 Å². The van der Waals surface area contributed by atoms with Crippen LogP contribution in [0.3, 0.4) is 0 Å². The van der Waals surface area contributed by atoms with E-state index in [4.69, 9.17) is 17.3 Å². The van der Waals surface area contributed by atoms with Gasteiger partial charge in [0.15, 0.2) is 0 Å². The third-order valence-electron chi connectivity index (χ3n) is 2.62. The highest BCUT2D eigenvalue weighted by molar-refractivity contribution is 9.11. The molecule has 0 bridgehead atoms. The number of nitrogens with two attached hydrogens (primary N) is 1. The van der Waals surface area contributed by atoms with E-state index in [1.807, 2.05) is 12.1 Å². The topological polar surface area (TPSA) is 72.2 Å². The summed E-state index contributed by atoms with van der Waals surface area (Å²) in [5.41, 5.74) is 6.21. The van der Waals surface area contributed by atoms with Gasteiger partial charge in [0.05, 0.1) is 8.68 Å². The SMILES string of the molecule is NCc1ccc(S(=O)(=O)NCc2ccc(Br)s2)cc1Cl. The summed E-state index contributed by atoms with van der Waals surface area (Å²) in [6, 6.07) is 8.28. The van der Waals surface area contributed by atoms with Crippen LogP contribution in [0.2, 0.25) is 5.02 Å². The first-order valence-corrected chi connectivity index (χ1v) is 9.12. The Morgan fingerprint density at radius 3 is 2.60 bits per heavy atom. The molecule has 3 N–H and O–H groups in total. The predicted octanol–water partition coefficient (Wildman–Crippen LogP) is 3.10. The molecule has 20 heavy (non-hydrogen) atoms. The number of halogens is 2. The quantitative estimate of drug-likeness (QED) is 0.817. The van der Waals surface area contributed by atoms with Crippen molar-refractivity contribution in [3.63, 3.8) is 0 Å². The molecule has 108 valence electrons. The summed E-state index contributed by atoms with van der Waals surface area (Å²) < 4.78 is 27.8. The summed E-state index contributed by atoms with van der Waals surface area (Å²) >= 11 is 10.8. The van der Waals surface area contributed by atoms with Gasteiger partial charge in [-0.3, -0.25) is 0 Å². The Labute approximate surface area is 135 Å². The van der Waals surface area contributed by atoms with Gasteiger partial charge in [-0.15, -0.1) is 11.3 Å². The van der Waals surface area contributed by atoms with Crippen LogP contribution >= 0.6 is 38.9 Å². The molecule has 1 aromatic heterocycles. The molecule has 0 unspecified atom stereocenters. The molecule has 0 fully saturated rings. The second-order valence-electron chi connectivity index (χ2n) is 3.99. The maximum Gasteiger partial charge on any atom is 0.240 e. The standard InChI is InChI=1S/C12H12BrClN2O2S2/c13-12-4-2-9(19-12)7-16-20(17,18)10-3-1-8(6-15)11(14)5-10/h1-5,16H,6-7,15H2. The van der Waals surface area contributed by atoms with Crippen LogP contribution in [0, 0.1) is 0 Å². The zero-order valence-corrected chi connectivity index (χ0v) is 14.2. The van der Waals surface area contributed by atoms with E-state index < -0.39 is 10.0 Å². The van der Waals surface area contributed by atoms with E-state index in [1.54, 1.807) is 6.07 Å². The summed E-state index contributed by atoms with van der Waals surface area (Å²) in [7, 11) is -3.58. The Kier molecular flexibility index (Phi) is 5.22. The van der Waals surface area contributed by atoms with Crippen LogP contribution in [0.15, 0.2) is 39.0 Å². The van der Waals surface area contributed by atoms with E-state index in [2.05, 4.69) is 20.7 Å². The zero-order valence-electron chi connectivity index (χ0n) is 10.3. The summed E-state index contributed by atoms with van der Waals surface area (Å²) in [5, 5.41) is 0.356. The molecule has 0 aliphatic heterocycles. The van der Waals surface area contributed by atoms with Gasteiger partial charge in [0.25, 0.3) is 0 Å². The maximum absolute atomic E-state index is 12.2. The van der Waals surface area contributed by atoms with Crippen molar-refractivity contribution in [2.24, 2.45) is 5.73 Å². The maximum atomic E-state index is 12.2. The summed E-state index contributed by atoms with van der Waals surface area (Å²) in [6.45, 7) is 0.519. The lowest BCUT2D eigenvalue weighted by Crippen LogP contribution is -2.22. The van der Waals surface area contributed by atoms with Crippen LogP contribution in [0.4, 0.5) is 0 Å².